The van der Waals surface area contributed by atoms with Gasteiger partial charge < -0.3 is 10.4 Å². The number of urea groups is 1. The van der Waals surface area contributed by atoms with E-state index in [1.807, 2.05) is 6.92 Å². The Labute approximate surface area is 118 Å². The van der Waals surface area contributed by atoms with Crippen LogP contribution in [0.4, 0.5) is 10.6 Å². The number of rotatable bonds is 8. The highest BCUT2D eigenvalue weighted by Crippen LogP contribution is 2.14. The molecular weight excluding hydrogens is 260 g/mol. The number of aromatic nitrogens is 2. The number of carboxylic acids is 1. The van der Waals surface area contributed by atoms with Gasteiger partial charge in [-0.05, 0) is 18.8 Å². The van der Waals surface area contributed by atoms with Gasteiger partial charge in [-0.1, -0.05) is 13.3 Å². The van der Waals surface area contributed by atoms with E-state index in [1.165, 1.54) is 0 Å². The highest BCUT2D eigenvalue weighted by Gasteiger charge is 2.10. The highest BCUT2D eigenvalue weighted by molar-refractivity contribution is 5.88. The minimum Gasteiger partial charge on any atom is -0.481 e. The van der Waals surface area contributed by atoms with Crippen LogP contribution in [0.3, 0.4) is 0 Å². The van der Waals surface area contributed by atoms with Gasteiger partial charge in [-0.2, -0.15) is 5.10 Å². The lowest BCUT2D eigenvalue weighted by atomic mass is 9.97. The molecule has 0 aliphatic carbocycles. The second kappa shape index (κ2) is 8.19. The Bertz CT molecular complexity index is 445. The number of hydrogen-bond acceptors (Lipinski definition) is 3. The van der Waals surface area contributed by atoms with E-state index in [1.54, 1.807) is 24.0 Å². The molecule has 0 saturated carbocycles. The first-order valence-corrected chi connectivity index (χ1v) is 6.77. The third kappa shape index (κ3) is 6.21. The van der Waals surface area contributed by atoms with Gasteiger partial charge in [0.2, 0.25) is 0 Å². The zero-order chi connectivity index (χ0) is 15.0. The van der Waals surface area contributed by atoms with Gasteiger partial charge in [0.1, 0.15) is 0 Å². The molecule has 112 valence electrons. The van der Waals surface area contributed by atoms with Crippen LogP contribution in [0.25, 0.3) is 0 Å². The Balaban J connectivity index is 2.21. The van der Waals surface area contributed by atoms with E-state index in [-0.39, 0.29) is 12.5 Å². The first-order valence-electron chi connectivity index (χ1n) is 6.77. The topological polar surface area (TPSA) is 96.3 Å². The van der Waals surface area contributed by atoms with Crippen molar-refractivity contribution in [1.29, 1.82) is 0 Å². The Morgan fingerprint density at radius 1 is 1.45 bits per heavy atom. The lowest BCUT2D eigenvalue weighted by Gasteiger charge is -2.14. The number of nitrogens with zero attached hydrogens (tertiary/aromatic N) is 2. The fourth-order valence-corrected chi connectivity index (χ4v) is 1.91. The number of amides is 2. The molecule has 0 radical (unpaired) electrons. The number of anilines is 1. The lowest BCUT2D eigenvalue weighted by Crippen LogP contribution is -2.30. The average Bonchev–Trinajstić information content (AvgIpc) is 2.78. The summed E-state index contributed by atoms with van der Waals surface area (Å²) in [5.41, 5.74) is 0. The molecule has 1 atom stereocenters. The molecule has 0 aromatic carbocycles. The smallest absolute Gasteiger partial charge is 0.320 e. The van der Waals surface area contributed by atoms with Gasteiger partial charge in [0, 0.05) is 32.3 Å². The van der Waals surface area contributed by atoms with Crippen LogP contribution in [0.2, 0.25) is 0 Å². The normalized spacial score (nSPS) is 11.9. The largest absolute Gasteiger partial charge is 0.481 e. The quantitative estimate of drug-likeness (QED) is 0.677. The third-order valence-electron chi connectivity index (χ3n) is 3.14. The second-order valence-corrected chi connectivity index (χ2v) is 4.75. The maximum Gasteiger partial charge on any atom is 0.320 e. The zero-order valence-electron chi connectivity index (χ0n) is 11.9. The van der Waals surface area contributed by atoms with Crippen molar-refractivity contribution in [2.24, 2.45) is 13.0 Å². The monoisotopic (exact) mass is 282 g/mol. The number of aliphatic carboxylic acids is 1. The predicted octanol–water partition coefficient (Wildman–Crippen LogP) is 1.82. The number of carboxylic acid groups (broad SMARTS) is 1. The Morgan fingerprint density at radius 3 is 2.75 bits per heavy atom. The molecule has 2 amide bonds. The van der Waals surface area contributed by atoms with Crippen molar-refractivity contribution in [3.05, 3.63) is 12.3 Å². The van der Waals surface area contributed by atoms with Gasteiger partial charge in [-0.15, -0.1) is 0 Å². The zero-order valence-corrected chi connectivity index (χ0v) is 11.9. The maximum absolute atomic E-state index is 11.6. The maximum atomic E-state index is 11.6. The Kier molecular flexibility index (Phi) is 6.55. The molecule has 1 aromatic heterocycles. The highest BCUT2D eigenvalue weighted by atomic mass is 16.4. The first kappa shape index (κ1) is 16.0. The van der Waals surface area contributed by atoms with Crippen LogP contribution in [-0.2, 0) is 11.8 Å². The van der Waals surface area contributed by atoms with Gasteiger partial charge in [-0.3, -0.25) is 14.8 Å². The summed E-state index contributed by atoms with van der Waals surface area (Å²) in [7, 11) is 1.78. The molecule has 0 spiro atoms. The van der Waals surface area contributed by atoms with E-state index < -0.39 is 5.97 Å². The number of hydrogen-bond donors (Lipinski definition) is 3. The molecule has 3 N–H and O–H groups in total. The molecule has 7 heteroatoms. The molecular formula is C13H22N4O3. The van der Waals surface area contributed by atoms with Crippen molar-refractivity contribution in [2.45, 2.75) is 32.6 Å². The fourth-order valence-electron chi connectivity index (χ4n) is 1.91. The van der Waals surface area contributed by atoms with Crippen LogP contribution in [0.15, 0.2) is 12.3 Å². The molecule has 1 rings (SSSR count). The van der Waals surface area contributed by atoms with Gasteiger partial charge in [0.05, 0.1) is 0 Å². The molecule has 0 bridgehead atoms. The number of aryl methyl sites for hydroxylation is 1. The molecule has 0 aliphatic rings. The van der Waals surface area contributed by atoms with E-state index in [0.29, 0.717) is 24.7 Å². The van der Waals surface area contributed by atoms with Gasteiger partial charge in [-0.25, -0.2) is 4.79 Å². The predicted molar refractivity (Wildman–Crippen MR) is 75.5 cm³/mol. The van der Waals surface area contributed by atoms with Crippen molar-refractivity contribution >= 4 is 17.8 Å². The van der Waals surface area contributed by atoms with E-state index in [9.17, 15) is 9.59 Å². The molecule has 1 aromatic rings. The summed E-state index contributed by atoms with van der Waals surface area (Å²) in [6.45, 7) is 2.55. The first-order chi connectivity index (χ1) is 9.51. The molecule has 0 saturated heterocycles. The molecule has 1 heterocycles. The van der Waals surface area contributed by atoms with E-state index >= 15 is 0 Å². The molecule has 20 heavy (non-hydrogen) atoms. The molecule has 7 nitrogen and oxygen atoms in total. The molecule has 0 aliphatic heterocycles. The summed E-state index contributed by atoms with van der Waals surface area (Å²) in [4.78, 5) is 22.1. The van der Waals surface area contributed by atoms with Crippen LogP contribution in [0.5, 0.6) is 0 Å². The van der Waals surface area contributed by atoms with Crippen LogP contribution in [0, 0.1) is 5.92 Å². The Morgan fingerprint density at radius 2 is 2.20 bits per heavy atom. The summed E-state index contributed by atoms with van der Waals surface area (Å²) in [6.07, 6.45) is 4.26. The van der Waals surface area contributed by atoms with E-state index in [4.69, 9.17) is 5.11 Å². The SMILES string of the molecule is CCC(CCNC(=O)Nc1ccn(C)n1)CCC(=O)O. The third-order valence-corrected chi connectivity index (χ3v) is 3.14. The van der Waals surface area contributed by atoms with Crippen molar-refractivity contribution in [3.8, 4) is 0 Å². The fraction of sp³-hybridized carbons (Fsp3) is 0.615. The van der Waals surface area contributed by atoms with Crippen LogP contribution in [-0.4, -0.2) is 33.4 Å². The van der Waals surface area contributed by atoms with Crippen molar-refractivity contribution in [1.82, 2.24) is 15.1 Å². The van der Waals surface area contributed by atoms with E-state index in [2.05, 4.69) is 15.7 Å². The van der Waals surface area contributed by atoms with Crippen molar-refractivity contribution in [2.75, 3.05) is 11.9 Å². The van der Waals surface area contributed by atoms with Crippen LogP contribution < -0.4 is 10.6 Å². The minimum atomic E-state index is -0.774. The van der Waals surface area contributed by atoms with E-state index in [0.717, 1.165) is 12.8 Å². The van der Waals surface area contributed by atoms with Gasteiger partial charge in [0.15, 0.2) is 5.82 Å². The summed E-state index contributed by atoms with van der Waals surface area (Å²) in [5, 5.41) is 18.1. The summed E-state index contributed by atoms with van der Waals surface area (Å²) in [6, 6.07) is 1.41. The second-order valence-electron chi connectivity index (χ2n) is 4.75. The van der Waals surface area contributed by atoms with Crippen LogP contribution >= 0.6 is 0 Å². The molecule has 0 fully saturated rings. The number of carbonyl (C=O) groups excluding carboxylic acids is 1. The number of carbonyl (C=O) groups is 2. The Hall–Kier alpha value is -2.05. The number of nitrogens with one attached hydrogen (secondary N) is 2. The summed E-state index contributed by atoms with van der Waals surface area (Å²) >= 11 is 0. The summed E-state index contributed by atoms with van der Waals surface area (Å²) in [5.74, 6) is 0.0495. The molecule has 1 unspecified atom stereocenters. The van der Waals surface area contributed by atoms with Gasteiger partial charge in [0.25, 0.3) is 0 Å². The lowest BCUT2D eigenvalue weighted by molar-refractivity contribution is -0.137. The minimum absolute atomic E-state index is 0.179. The average molecular weight is 282 g/mol. The summed E-state index contributed by atoms with van der Waals surface area (Å²) < 4.78 is 1.61. The van der Waals surface area contributed by atoms with Crippen LogP contribution in [0.1, 0.15) is 32.6 Å². The van der Waals surface area contributed by atoms with Gasteiger partial charge >= 0.3 is 12.0 Å². The van der Waals surface area contributed by atoms with Crippen molar-refractivity contribution in [3.63, 3.8) is 0 Å². The standard InChI is InChI=1S/C13H22N4O3/c1-3-10(4-5-12(18)19)6-8-14-13(20)15-11-7-9-17(2)16-11/h7,9-10H,3-6,8H2,1-2H3,(H,18,19)(H2,14,15,16,20). The van der Waals surface area contributed by atoms with Crippen molar-refractivity contribution < 1.29 is 14.7 Å².